The Labute approximate surface area is 119 Å². The maximum absolute atomic E-state index is 11.5. The third kappa shape index (κ3) is 3.17. The molecular formula is C16H20N2O2. The van der Waals surface area contributed by atoms with Gasteiger partial charge < -0.3 is 10.4 Å². The van der Waals surface area contributed by atoms with Gasteiger partial charge in [-0.3, -0.25) is 4.79 Å². The van der Waals surface area contributed by atoms with Gasteiger partial charge in [0.25, 0.3) is 0 Å². The summed E-state index contributed by atoms with van der Waals surface area (Å²) in [5.41, 5.74) is 1.91. The summed E-state index contributed by atoms with van der Waals surface area (Å²) in [6, 6.07) is 7.57. The molecule has 0 aromatic heterocycles. The average Bonchev–Trinajstić information content (AvgIpc) is 2.86. The number of nitriles is 1. The van der Waals surface area contributed by atoms with Gasteiger partial charge in [-0.1, -0.05) is 6.42 Å². The number of anilines is 1. The molecule has 106 valence electrons. The molecule has 0 spiro atoms. The summed E-state index contributed by atoms with van der Waals surface area (Å²) in [4.78, 5) is 11.5. The van der Waals surface area contributed by atoms with Crippen molar-refractivity contribution in [3.63, 3.8) is 0 Å². The number of benzene rings is 1. The van der Waals surface area contributed by atoms with E-state index in [4.69, 9.17) is 5.11 Å². The lowest BCUT2D eigenvalue weighted by atomic mass is 9.98. The normalized spacial score (nSPS) is 21.4. The summed E-state index contributed by atoms with van der Waals surface area (Å²) in [5.74, 6) is 0.434. The average molecular weight is 272 g/mol. The van der Waals surface area contributed by atoms with Crippen molar-refractivity contribution in [2.24, 2.45) is 5.92 Å². The third-order valence-electron chi connectivity index (χ3n) is 4.05. The summed E-state index contributed by atoms with van der Waals surface area (Å²) in [6.07, 6.45) is 4.06. The number of carbonyl (C=O) groups is 1. The van der Waals surface area contributed by atoms with Gasteiger partial charge in [-0.25, -0.2) is 0 Å². The molecule has 2 unspecified atom stereocenters. The first kappa shape index (κ1) is 14.5. The zero-order valence-electron chi connectivity index (χ0n) is 11.7. The van der Waals surface area contributed by atoms with E-state index in [0.717, 1.165) is 31.4 Å². The number of ketones is 1. The minimum atomic E-state index is -0.00382. The number of aliphatic hydroxyl groups excluding tert-OH is 1. The van der Waals surface area contributed by atoms with E-state index in [1.807, 2.05) is 0 Å². The van der Waals surface area contributed by atoms with Crippen LogP contribution in [0.2, 0.25) is 0 Å². The monoisotopic (exact) mass is 272 g/mol. The van der Waals surface area contributed by atoms with Crippen molar-refractivity contribution in [3.8, 4) is 6.07 Å². The number of nitrogens with zero attached hydrogens (tertiary/aromatic N) is 1. The molecule has 2 rings (SSSR count). The minimum Gasteiger partial charge on any atom is -0.396 e. The van der Waals surface area contributed by atoms with E-state index in [1.54, 1.807) is 18.2 Å². The van der Waals surface area contributed by atoms with E-state index in [-0.39, 0.29) is 18.4 Å². The first-order chi connectivity index (χ1) is 9.65. The molecular weight excluding hydrogens is 252 g/mol. The number of rotatable bonds is 5. The summed E-state index contributed by atoms with van der Waals surface area (Å²) >= 11 is 0. The molecule has 0 amide bonds. The lowest BCUT2D eigenvalue weighted by Crippen LogP contribution is -2.25. The van der Waals surface area contributed by atoms with E-state index >= 15 is 0 Å². The molecule has 4 heteroatoms. The van der Waals surface area contributed by atoms with Gasteiger partial charge in [-0.15, -0.1) is 0 Å². The molecule has 0 radical (unpaired) electrons. The Morgan fingerprint density at radius 3 is 2.95 bits per heavy atom. The molecule has 1 aliphatic rings. The van der Waals surface area contributed by atoms with Crippen molar-refractivity contribution in [1.29, 1.82) is 5.26 Å². The molecule has 1 fully saturated rings. The number of hydrogen-bond donors (Lipinski definition) is 2. The highest BCUT2D eigenvalue weighted by molar-refractivity contribution is 5.95. The number of hydrogen-bond acceptors (Lipinski definition) is 4. The quantitative estimate of drug-likeness (QED) is 0.808. The highest BCUT2D eigenvalue weighted by atomic mass is 16.3. The van der Waals surface area contributed by atoms with Crippen molar-refractivity contribution in [3.05, 3.63) is 29.3 Å². The van der Waals surface area contributed by atoms with Crippen molar-refractivity contribution in [1.82, 2.24) is 0 Å². The zero-order valence-corrected chi connectivity index (χ0v) is 11.7. The van der Waals surface area contributed by atoms with E-state index in [9.17, 15) is 10.1 Å². The predicted octanol–water partition coefficient (Wildman–Crippen LogP) is 2.72. The smallest absolute Gasteiger partial charge is 0.159 e. The van der Waals surface area contributed by atoms with Crippen LogP contribution >= 0.6 is 0 Å². The first-order valence-electron chi connectivity index (χ1n) is 7.08. The van der Waals surface area contributed by atoms with Crippen molar-refractivity contribution in [2.75, 3.05) is 11.9 Å². The van der Waals surface area contributed by atoms with Gasteiger partial charge in [-0.05, 0) is 50.3 Å². The van der Waals surface area contributed by atoms with Crippen LogP contribution in [0.25, 0.3) is 0 Å². The fourth-order valence-corrected chi connectivity index (χ4v) is 2.92. The van der Waals surface area contributed by atoms with Crippen LogP contribution in [0.3, 0.4) is 0 Å². The molecule has 1 aromatic rings. The van der Waals surface area contributed by atoms with Crippen LogP contribution in [0.15, 0.2) is 18.2 Å². The third-order valence-corrected chi connectivity index (χ3v) is 4.05. The molecule has 1 aromatic carbocycles. The molecule has 0 heterocycles. The Bertz CT molecular complexity index is 534. The minimum absolute atomic E-state index is 0.00382. The summed E-state index contributed by atoms with van der Waals surface area (Å²) < 4.78 is 0. The first-order valence-corrected chi connectivity index (χ1v) is 7.08. The van der Waals surface area contributed by atoms with Crippen LogP contribution in [-0.4, -0.2) is 23.5 Å². The summed E-state index contributed by atoms with van der Waals surface area (Å²) in [6.45, 7) is 1.72. The molecule has 1 aliphatic carbocycles. The lowest BCUT2D eigenvalue weighted by molar-refractivity contribution is 0.101. The highest BCUT2D eigenvalue weighted by Crippen LogP contribution is 2.31. The SMILES string of the molecule is CC(=O)c1ccc(C#N)c(NC2CCCC2CCO)c1. The van der Waals surface area contributed by atoms with Crippen molar-refractivity contribution in [2.45, 2.75) is 38.6 Å². The number of Topliss-reactive ketones (excluding diaryl/α,β-unsaturated/α-hetero) is 1. The summed E-state index contributed by atoms with van der Waals surface area (Å²) in [5, 5.41) is 21.7. The van der Waals surface area contributed by atoms with E-state index in [2.05, 4.69) is 11.4 Å². The van der Waals surface area contributed by atoms with Crippen LogP contribution in [0.5, 0.6) is 0 Å². The van der Waals surface area contributed by atoms with Crippen molar-refractivity contribution < 1.29 is 9.90 Å². The Hall–Kier alpha value is -1.86. The van der Waals surface area contributed by atoms with Gasteiger partial charge >= 0.3 is 0 Å². The Balaban J connectivity index is 2.21. The van der Waals surface area contributed by atoms with Gasteiger partial charge in [0.15, 0.2) is 5.78 Å². The molecule has 0 aliphatic heterocycles. The second kappa shape index (κ2) is 6.53. The van der Waals surface area contributed by atoms with Gasteiger partial charge in [0.05, 0.1) is 11.3 Å². The fourth-order valence-electron chi connectivity index (χ4n) is 2.92. The molecule has 0 saturated heterocycles. The van der Waals surface area contributed by atoms with E-state index in [0.29, 0.717) is 17.0 Å². The van der Waals surface area contributed by atoms with Crippen LogP contribution < -0.4 is 5.32 Å². The molecule has 20 heavy (non-hydrogen) atoms. The maximum atomic E-state index is 11.5. The maximum Gasteiger partial charge on any atom is 0.159 e. The molecule has 2 N–H and O–H groups in total. The second-order valence-corrected chi connectivity index (χ2v) is 5.38. The Morgan fingerprint density at radius 1 is 1.50 bits per heavy atom. The highest BCUT2D eigenvalue weighted by Gasteiger charge is 2.27. The van der Waals surface area contributed by atoms with Crippen LogP contribution in [0.1, 0.15) is 48.5 Å². The van der Waals surface area contributed by atoms with Gasteiger partial charge in [0.2, 0.25) is 0 Å². The number of nitrogens with one attached hydrogen (secondary N) is 1. The standard InChI is InChI=1S/C16H20N2O2/c1-11(20)13-5-6-14(10-17)16(9-13)18-15-4-2-3-12(15)7-8-19/h5-6,9,12,15,18-19H,2-4,7-8H2,1H3. The van der Waals surface area contributed by atoms with Gasteiger partial charge in [-0.2, -0.15) is 5.26 Å². The topological polar surface area (TPSA) is 73.1 Å². The fraction of sp³-hybridized carbons (Fsp3) is 0.500. The van der Waals surface area contributed by atoms with Crippen molar-refractivity contribution >= 4 is 11.5 Å². The number of carbonyl (C=O) groups excluding carboxylic acids is 1. The van der Waals surface area contributed by atoms with E-state index in [1.165, 1.54) is 6.92 Å². The van der Waals surface area contributed by atoms with Crippen LogP contribution in [-0.2, 0) is 0 Å². The molecule has 0 bridgehead atoms. The molecule has 2 atom stereocenters. The molecule has 4 nitrogen and oxygen atoms in total. The predicted molar refractivity (Wildman–Crippen MR) is 77.6 cm³/mol. The zero-order chi connectivity index (χ0) is 14.5. The van der Waals surface area contributed by atoms with E-state index < -0.39 is 0 Å². The molecule has 1 saturated carbocycles. The number of aliphatic hydroxyl groups is 1. The van der Waals surface area contributed by atoms with Crippen LogP contribution in [0.4, 0.5) is 5.69 Å². The second-order valence-electron chi connectivity index (χ2n) is 5.38. The Morgan fingerprint density at radius 2 is 2.30 bits per heavy atom. The van der Waals surface area contributed by atoms with Gasteiger partial charge in [0.1, 0.15) is 6.07 Å². The van der Waals surface area contributed by atoms with Crippen LogP contribution in [0, 0.1) is 17.2 Å². The summed E-state index contributed by atoms with van der Waals surface area (Å²) in [7, 11) is 0. The van der Waals surface area contributed by atoms with Gasteiger partial charge in [0, 0.05) is 18.2 Å². The lowest BCUT2D eigenvalue weighted by Gasteiger charge is -2.22. The largest absolute Gasteiger partial charge is 0.396 e. The Kier molecular flexibility index (Phi) is 4.75.